The van der Waals surface area contributed by atoms with Crippen LogP contribution >= 0.6 is 0 Å². The van der Waals surface area contributed by atoms with Crippen LogP contribution in [0.15, 0.2) is 23.4 Å². The van der Waals surface area contributed by atoms with Gasteiger partial charge in [0, 0.05) is 23.5 Å². The minimum atomic E-state index is -0.790. The number of hydrogen-bond acceptors (Lipinski definition) is 4. The van der Waals surface area contributed by atoms with Crippen molar-refractivity contribution in [1.29, 1.82) is 5.26 Å². The number of fused-ring (bicyclic) bond motifs is 1. The monoisotopic (exact) mass is 342 g/mol. The van der Waals surface area contributed by atoms with Crippen molar-refractivity contribution in [2.75, 3.05) is 6.67 Å². The molecule has 3 aromatic rings. The molecule has 7 nitrogen and oxygen atoms in total. The second-order valence-electron chi connectivity index (χ2n) is 6.91. The van der Waals surface area contributed by atoms with Gasteiger partial charge in [0.2, 0.25) is 0 Å². The summed E-state index contributed by atoms with van der Waals surface area (Å²) in [5.41, 5.74) is 1.11. The van der Waals surface area contributed by atoms with Gasteiger partial charge in [-0.25, -0.2) is 13.9 Å². The highest BCUT2D eigenvalue weighted by molar-refractivity contribution is 5.67. The van der Waals surface area contributed by atoms with Crippen LogP contribution in [0.1, 0.15) is 44.7 Å². The van der Waals surface area contributed by atoms with E-state index in [1.165, 1.54) is 15.4 Å². The number of alkyl halides is 1. The minimum absolute atomic E-state index is 0.0849. The van der Waals surface area contributed by atoms with Crippen molar-refractivity contribution in [3.8, 4) is 17.3 Å². The van der Waals surface area contributed by atoms with Crippen LogP contribution in [-0.2, 0) is 5.54 Å². The lowest BCUT2D eigenvalue weighted by molar-refractivity contribution is 0.236. The fourth-order valence-corrected chi connectivity index (χ4v) is 2.69. The van der Waals surface area contributed by atoms with E-state index in [0.29, 0.717) is 16.8 Å². The number of rotatable bonds is 4. The van der Waals surface area contributed by atoms with E-state index in [9.17, 15) is 14.4 Å². The molecule has 3 aromatic heterocycles. The molecule has 0 aliphatic carbocycles. The molecule has 8 heteroatoms. The number of halogens is 1. The zero-order valence-electron chi connectivity index (χ0n) is 14.5. The average molecular weight is 342 g/mol. The molecular weight excluding hydrogens is 323 g/mol. The third-order valence-corrected chi connectivity index (χ3v) is 4.20. The topological polar surface area (TPSA) is 91.8 Å². The Hall–Kier alpha value is -2.95. The van der Waals surface area contributed by atoms with E-state index >= 15 is 0 Å². The SMILES string of the molecule is CC(C)c1c(-c2cnn(C(C)(C)CF)c2)nc2c(C#N)c[nH]n2c1=O. The van der Waals surface area contributed by atoms with Crippen molar-refractivity contribution in [2.24, 2.45) is 0 Å². The Bertz CT molecular complexity index is 1030. The summed E-state index contributed by atoms with van der Waals surface area (Å²) in [6.45, 7) is 6.70. The number of aromatic amines is 1. The third kappa shape index (κ3) is 2.61. The molecule has 0 radical (unpaired) electrons. The Morgan fingerprint density at radius 3 is 2.76 bits per heavy atom. The van der Waals surface area contributed by atoms with Crippen LogP contribution in [0.2, 0.25) is 0 Å². The van der Waals surface area contributed by atoms with Crippen molar-refractivity contribution in [3.63, 3.8) is 0 Å². The van der Waals surface area contributed by atoms with E-state index in [-0.39, 0.29) is 22.7 Å². The Balaban J connectivity index is 2.30. The molecule has 3 rings (SSSR count). The quantitative estimate of drug-likeness (QED) is 0.789. The number of nitriles is 1. The molecule has 0 aliphatic heterocycles. The number of nitrogens with zero attached hydrogens (tertiary/aromatic N) is 5. The summed E-state index contributed by atoms with van der Waals surface area (Å²) in [7, 11) is 0. The number of nitrogens with one attached hydrogen (secondary N) is 1. The average Bonchev–Trinajstić information content (AvgIpc) is 3.21. The Labute approximate surface area is 143 Å². The highest BCUT2D eigenvalue weighted by atomic mass is 19.1. The largest absolute Gasteiger partial charge is 0.295 e. The maximum Gasteiger partial charge on any atom is 0.276 e. The summed E-state index contributed by atoms with van der Waals surface area (Å²) in [5, 5.41) is 16.2. The first-order valence-electron chi connectivity index (χ1n) is 7.95. The first kappa shape index (κ1) is 16.9. The van der Waals surface area contributed by atoms with Crippen LogP contribution in [0, 0.1) is 11.3 Å². The van der Waals surface area contributed by atoms with Crippen LogP contribution in [0.5, 0.6) is 0 Å². The van der Waals surface area contributed by atoms with Crippen molar-refractivity contribution < 1.29 is 4.39 Å². The van der Waals surface area contributed by atoms with Gasteiger partial charge < -0.3 is 0 Å². The van der Waals surface area contributed by atoms with Crippen LogP contribution in [0.4, 0.5) is 4.39 Å². The lowest BCUT2D eigenvalue weighted by Crippen LogP contribution is -2.28. The van der Waals surface area contributed by atoms with Crippen LogP contribution in [0.25, 0.3) is 16.9 Å². The smallest absolute Gasteiger partial charge is 0.276 e. The Morgan fingerprint density at radius 1 is 1.44 bits per heavy atom. The van der Waals surface area contributed by atoms with Crippen LogP contribution < -0.4 is 5.56 Å². The molecule has 0 saturated heterocycles. The standard InChI is InChI=1S/C17H19FN6O/c1-10(2)13-14(12-7-20-23(8-12)17(3,4)9-18)22-15-11(5-19)6-21-24(15)16(13)25/h6-8,10,21H,9H2,1-4H3. The lowest BCUT2D eigenvalue weighted by Gasteiger charge is -2.20. The molecule has 0 unspecified atom stereocenters. The Kier molecular flexibility index (Phi) is 3.95. The summed E-state index contributed by atoms with van der Waals surface area (Å²) in [6, 6.07) is 2.02. The fraction of sp³-hybridized carbons (Fsp3) is 0.412. The molecule has 0 amide bonds. The molecule has 25 heavy (non-hydrogen) atoms. The Morgan fingerprint density at radius 2 is 2.16 bits per heavy atom. The first-order valence-corrected chi connectivity index (χ1v) is 7.95. The van der Waals surface area contributed by atoms with E-state index in [1.54, 1.807) is 26.2 Å². The molecule has 0 bridgehead atoms. The molecule has 0 aromatic carbocycles. The van der Waals surface area contributed by atoms with Crippen LogP contribution in [0.3, 0.4) is 0 Å². The maximum atomic E-state index is 13.2. The van der Waals surface area contributed by atoms with Gasteiger partial charge in [-0.15, -0.1) is 0 Å². The van der Waals surface area contributed by atoms with E-state index in [1.807, 2.05) is 19.9 Å². The maximum absolute atomic E-state index is 13.2. The number of aromatic nitrogens is 5. The highest BCUT2D eigenvalue weighted by Crippen LogP contribution is 2.27. The molecule has 0 aliphatic rings. The zero-order chi connectivity index (χ0) is 18.4. The van der Waals surface area contributed by atoms with E-state index < -0.39 is 12.2 Å². The molecule has 130 valence electrons. The second-order valence-corrected chi connectivity index (χ2v) is 6.91. The fourth-order valence-electron chi connectivity index (χ4n) is 2.69. The minimum Gasteiger partial charge on any atom is -0.295 e. The van der Waals surface area contributed by atoms with Gasteiger partial charge in [0.25, 0.3) is 5.56 Å². The van der Waals surface area contributed by atoms with Gasteiger partial charge in [-0.3, -0.25) is 14.6 Å². The normalized spacial score (nSPS) is 12.0. The van der Waals surface area contributed by atoms with Gasteiger partial charge in [0.15, 0.2) is 5.65 Å². The predicted octanol–water partition coefficient (Wildman–Crippen LogP) is 2.59. The van der Waals surface area contributed by atoms with E-state index in [4.69, 9.17) is 0 Å². The highest BCUT2D eigenvalue weighted by Gasteiger charge is 2.24. The summed E-state index contributed by atoms with van der Waals surface area (Å²) >= 11 is 0. The molecular formula is C17H19FN6O. The lowest BCUT2D eigenvalue weighted by atomic mass is 10.00. The second kappa shape index (κ2) is 5.84. The summed E-state index contributed by atoms with van der Waals surface area (Å²) in [4.78, 5) is 17.4. The van der Waals surface area contributed by atoms with E-state index in [2.05, 4.69) is 15.2 Å². The van der Waals surface area contributed by atoms with Gasteiger partial charge in [0.05, 0.1) is 17.4 Å². The number of hydrogen-bond donors (Lipinski definition) is 1. The molecule has 0 atom stereocenters. The number of H-pyrrole nitrogens is 1. The molecule has 0 saturated carbocycles. The summed E-state index contributed by atoms with van der Waals surface area (Å²) < 4.78 is 16.0. The zero-order valence-corrected chi connectivity index (χ0v) is 14.5. The van der Waals surface area contributed by atoms with Crippen molar-refractivity contribution in [2.45, 2.75) is 39.2 Å². The van der Waals surface area contributed by atoms with Gasteiger partial charge >= 0.3 is 0 Å². The van der Waals surface area contributed by atoms with Crippen LogP contribution in [-0.4, -0.2) is 31.1 Å². The third-order valence-electron chi connectivity index (χ3n) is 4.20. The summed E-state index contributed by atoms with van der Waals surface area (Å²) in [5.74, 6) is -0.0849. The molecule has 1 N–H and O–H groups in total. The van der Waals surface area contributed by atoms with E-state index in [0.717, 1.165) is 0 Å². The molecule has 0 spiro atoms. The molecule has 3 heterocycles. The van der Waals surface area contributed by atoms with Gasteiger partial charge in [0.1, 0.15) is 18.3 Å². The van der Waals surface area contributed by atoms with Gasteiger partial charge in [-0.1, -0.05) is 13.8 Å². The summed E-state index contributed by atoms with van der Waals surface area (Å²) in [6.07, 6.45) is 4.70. The first-order chi connectivity index (χ1) is 11.8. The van der Waals surface area contributed by atoms with Crippen molar-refractivity contribution >= 4 is 5.65 Å². The van der Waals surface area contributed by atoms with Gasteiger partial charge in [-0.2, -0.15) is 10.4 Å². The van der Waals surface area contributed by atoms with Crippen molar-refractivity contribution in [3.05, 3.63) is 40.1 Å². The molecule has 0 fully saturated rings. The van der Waals surface area contributed by atoms with Crippen molar-refractivity contribution in [1.82, 2.24) is 24.4 Å². The predicted molar refractivity (Wildman–Crippen MR) is 91.1 cm³/mol. The van der Waals surface area contributed by atoms with Gasteiger partial charge in [-0.05, 0) is 19.8 Å².